The van der Waals surface area contributed by atoms with Gasteiger partial charge in [-0.2, -0.15) is 4.31 Å². The van der Waals surface area contributed by atoms with Gasteiger partial charge in [-0.1, -0.05) is 12.1 Å². The number of carboxylic acids is 1. The van der Waals surface area contributed by atoms with Crippen molar-refractivity contribution in [2.24, 2.45) is 5.92 Å². The molecule has 150 valence electrons. The minimum atomic E-state index is -4.34. The van der Waals surface area contributed by atoms with E-state index in [4.69, 9.17) is 4.74 Å². The highest BCUT2D eigenvalue weighted by atomic mass is 32.2. The maximum atomic E-state index is 12.6. The summed E-state index contributed by atoms with van der Waals surface area (Å²) in [6.45, 7) is 4.30. The van der Waals surface area contributed by atoms with Crippen LogP contribution in [0.5, 0.6) is 0 Å². The van der Waals surface area contributed by atoms with Crippen LogP contribution in [0, 0.1) is 16.0 Å². The lowest BCUT2D eigenvalue weighted by atomic mass is 10.1. The van der Waals surface area contributed by atoms with Gasteiger partial charge in [-0.25, -0.2) is 8.42 Å². The van der Waals surface area contributed by atoms with E-state index in [1.807, 2.05) is 0 Å². The first kappa shape index (κ1) is 22.5. The maximum Gasteiger partial charge on any atom is 0.308 e. The second-order valence-corrected chi connectivity index (χ2v) is 8.85. The number of nitrogens with zero attached hydrogens (tertiary/aromatic N) is 2. The number of esters is 1. The summed E-state index contributed by atoms with van der Waals surface area (Å²) < 4.78 is 31.0. The molecule has 1 aromatic rings. The quantitative estimate of drug-likeness (QED) is 0.392. The molecule has 0 aliphatic carbocycles. The Bertz CT molecular complexity index is 829. The summed E-state index contributed by atoms with van der Waals surface area (Å²) in [5.41, 5.74) is -1.44. The van der Waals surface area contributed by atoms with Crippen molar-refractivity contribution in [3.63, 3.8) is 0 Å². The van der Waals surface area contributed by atoms with Crippen LogP contribution < -0.4 is 0 Å². The number of benzene rings is 1. The zero-order valence-corrected chi connectivity index (χ0v) is 16.2. The molecule has 1 aromatic carbocycles. The first-order chi connectivity index (χ1) is 12.3. The largest absolute Gasteiger partial charge is 0.481 e. The summed E-state index contributed by atoms with van der Waals surface area (Å²) in [5.74, 6) is -3.54. The molecule has 0 saturated carbocycles. The summed E-state index contributed by atoms with van der Waals surface area (Å²) in [5, 5.41) is 20.4. The molecule has 0 radical (unpaired) electrons. The van der Waals surface area contributed by atoms with E-state index in [2.05, 4.69) is 0 Å². The normalized spacial score (nSPS) is 13.2. The lowest BCUT2D eigenvalue weighted by molar-refractivity contribution is -0.387. The van der Waals surface area contributed by atoms with E-state index >= 15 is 0 Å². The highest BCUT2D eigenvalue weighted by molar-refractivity contribution is 7.89. The van der Waals surface area contributed by atoms with Gasteiger partial charge in [0.2, 0.25) is 10.0 Å². The highest BCUT2D eigenvalue weighted by Gasteiger charge is 2.33. The zero-order chi connectivity index (χ0) is 21.0. The molecule has 0 fully saturated rings. The van der Waals surface area contributed by atoms with Gasteiger partial charge in [0.25, 0.3) is 5.69 Å². The molecule has 0 heterocycles. The van der Waals surface area contributed by atoms with E-state index in [-0.39, 0.29) is 0 Å². The van der Waals surface area contributed by atoms with E-state index in [1.165, 1.54) is 12.1 Å². The molecule has 1 rings (SSSR count). The third-order valence-corrected chi connectivity index (χ3v) is 5.28. The van der Waals surface area contributed by atoms with E-state index in [0.29, 0.717) is 4.31 Å². The van der Waals surface area contributed by atoms with Crippen LogP contribution in [0.4, 0.5) is 5.69 Å². The molecular formula is C16H22N2O8S. The molecule has 0 spiro atoms. The molecular weight excluding hydrogens is 380 g/mol. The Labute approximate surface area is 156 Å². The molecule has 0 bridgehead atoms. The van der Waals surface area contributed by atoms with Crippen LogP contribution in [-0.4, -0.2) is 53.9 Å². The standard InChI is InChI=1S/C16H22N2O8S/c1-16(2,3)26-14(19)9-11(15(20)21)10-17(4)27(24,25)13-8-6-5-7-12(13)18(22)23/h5-8,11H,9-10H2,1-4H3,(H,20,21)/t11-/m0/s1. The van der Waals surface area contributed by atoms with Gasteiger partial charge >= 0.3 is 11.9 Å². The number of carbonyl (C=O) groups excluding carboxylic acids is 1. The molecule has 0 aromatic heterocycles. The zero-order valence-electron chi connectivity index (χ0n) is 15.4. The lowest BCUT2D eigenvalue weighted by Crippen LogP contribution is -2.37. The van der Waals surface area contributed by atoms with E-state index in [9.17, 15) is 33.2 Å². The fraction of sp³-hybridized carbons (Fsp3) is 0.500. The van der Waals surface area contributed by atoms with Gasteiger partial charge in [-0.3, -0.25) is 19.7 Å². The maximum absolute atomic E-state index is 12.6. The Hall–Kier alpha value is -2.53. The monoisotopic (exact) mass is 402 g/mol. The van der Waals surface area contributed by atoms with Gasteiger partial charge < -0.3 is 9.84 Å². The Morgan fingerprint density at radius 1 is 1.30 bits per heavy atom. The average Bonchev–Trinajstić information content (AvgIpc) is 2.52. The van der Waals surface area contributed by atoms with Gasteiger partial charge in [0.1, 0.15) is 5.60 Å². The molecule has 11 heteroatoms. The molecule has 10 nitrogen and oxygen atoms in total. The van der Waals surface area contributed by atoms with Crippen LogP contribution in [0.15, 0.2) is 29.2 Å². The van der Waals surface area contributed by atoms with Gasteiger partial charge in [-0.05, 0) is 26.8 Å². The van der Waals surface area contributed by atoms with Crippen molar-refractivity contribution in [3.8, 4) is 0 Å². The van der Waals surface area contributed by atoms with E-state index in [0.717, 1.165) is 19.2 Å². The molecule has 0 saturated heterocycles. The van der Waals surface area contributed by atoms with Crippen molar-refractivity contribution < 1.29 is 32.8 Å². The Morgan fingerprint density at radius 3 is 2.33 bits per heavy atom. The summed E-state index contributed by atoms with van der Waals surface area (Å²) in [7, 11) is -3.24. The van der Waals surface area contributed by atoms with Crippen LogP contribution >= 0.6 is 0 Å². The number of carbonyl (C=O) groups is 2. The van der Waals surface area contributed by atoms with Gasteiger partial charge in [0.15, 0.2) is 4.90 Å². The Kier molecular flexibility index (Phi) is 7.04. The van der Waals surface area contributed by atoms with Crippen LogP contribution in [0.25, 0.3) is 0 Å². The SMILES string of the molecule is CN(C[C@H](CC(=O)OC(C)(C)C)C(=O)O)S(=O)(=O)c1ccccc1[N+](=O)[O-]. The van der Waals surface area contributed by atoms with Crippen molar-refractivity contribution in [1.82, 2.24) is 4.31 Å². The first-order valence-corrected chi connectivity index (χ1v) is 9.34. The van der Waals surface area contributed by atoms with Gasteiger partial charge in [-0.15, -0.1) is 0 Å². The number of nitro groups is 1. The number of sulfonamides is 1. The Balaban J connectivity index is 3.05. The average molecular weight is 402 g/mol. The molecule has 1 atom stereocenters. The predicted octanol–water partition coefficient (Wildman–Crippen LogP) is 1.65. The predicted molar refractivity (Wildman–Crippen MR) is 94.5 cm³/mol. The topological polar surface area (TPSA) is 144 Å². The lowest BCUT2D eigenvalue weighted by Gasteiger charge is -2.23. The number of hydrogen-bond acceptors (Lipinski definition) is 7. The summed E-state index contributed by atoms with van der Waals surface area (Å²) in [4.78, 5) is 33.0. The molecule has 0 unspecified atom stereocenters. The Morgan fingerprint density at radius 2 is 1.85 bits per heavy atom. The third-order valence-electron chi connectivity index (χ3n) is 3.41. The highest BCUT2D eigenvalue weighted by Crippen LogP contribution is 2.26. The van der Waals surface area contributed by atoms with Crippen LogP contribution in [0.2, 0.25) is 0 Å². The molecule has 0 aliphatic rings. The van der Waals surface area contributed by atoms with Crippen molar-refractivity contribution in [2.75, 3.05) is 13.6 Å². The summed E-state index contributed by atoms with van der Waals surface area (Å²) in [6, 6.07) is 4.74. The fourth-order valence-corrected chi connectivity index (χ4v) is 3.59. The number of para-hydroxylation sites is 1. The first-order valence-electron chi connectivity index (χ1n) is 7.90. The molecule has 0 amide bonds. The second kappa shape index (κ2) is 8.44. The number of hydrogen-bond donors (Lipinski definition) is 1. The number of ether oxygens (including phenoxy) is 1. The minimum Gasteiger partial charge on any atom is -0.481 e. The van der Waals surface area contributed by atoms with Crippen molar-refractivity contribution in [3.05, 3.63) is 34.4 Å². The summed E-state index contributed by atoms with van der Waals surface area (Å²) >= 11 is 0. The number of nitro benzene ring substituents is 1. The molecule has 0 aliphatic heterocycles. The van der Waals surface area contributed by atoms with E-state index in [1.54, 1.807) is 20.8 Å². The summed E-state index contributed by atoms with van der Waals surface area (Å²) in [6.07, 6.45) is -0.538. The number of aliphatic carboxylic acids is 1. The third kappa shape index (κ3) is 6.29. The molecule has 27 heavy (non-hydrogen) atoms. The minimum absolute atomic E-state index is 0.538. The van der Waals surface area contributed by atoms with Gasteiger partial charge in [0, 0.05) is 19.7 Å². The van der Waals surface area contributed by atoms with Crippen LogP contribution in [0.3, 0.4) is 0 Å². The second-order valence-electron chi connectivity index (χ2n) is 6.84. The number of carboxylic acid groups (broad SMARTS) is 1. The van der Waals surface area contributed by atoms with Crippen LogP contribution in [-0.2, 0) is 24.3 Å². The van der Waals surface area contributed by atoms with E-state index < -0.39 is 62.0 Å². The van der Waals surface area contributed by atoms with Crippen molar-refractivity contribution in [1.29, 1.82) is 0 Å². The number of rotatable bonds is 8. The fourth-order valence-electron chi connectivity index (χ4n) is 2.22. The van der Waals surface area contributed by atoms with Crippen molar-refractivity contribution in [2.45, 2.75) is 37.7 Å². The van der Waals surface area contributed by atoms with Crippen molar-refractivity contribution >= 4 is 27.6 Å². The van der Waals surface area contributed by atoms with Gasteiger partial charge in [0.05, 0.1) is 17.3 Å². The van der Waals surface area contributed by atoms with Crippen LogP contribution in [0.1, 0.15) is 27.2 Å². The smallest absolute Gasteiger partial charge is 0.308 e. The molecule has 1 N–H and O–H groups in total.